The molecule has 0 aliphatic rings. The van der Waals surface area contributed by atoms with Gasteiger partial charge in [0.15, 0.2) is 0 Å². The summed E-state index contributed by atoms with van der Waals surface area (Å²) in [6.07, 6.45) is 0. The van der Waals surface area contributed by atoms with Gasteiger partial charge < -0.3 is 5.11 Å². The molecule has 0 unspecified atom stereocenters. The number of hydrogen-bond donors (Lipinski definition) is 1. The maximum Gasteiger partial charge on any atom is 0.313 e. The monoisotopic (exact) mass is 225 g/mol. The number of aliphatic carboxylic acids is 1. The standard InChI is InChI=1S/C10H8FNO2S/c11-10-7(4-12)2-1-3-8(10)5-15-6-9(13)14/h1-3H,5-6H2,(H,13,14). The van der Waals surface area contributed by atoms with Gasteiger partial charge in [-0.3, -0.25) is 4.79 Å². The number of thioether (sulfide) groups is 1. The van der Waals surface area contributed by atoms with E-state index in [1.165, 1.54) is 6.07 Å². The van der Waals surface area contributed by atoms with E-state index in [2.05, 4.69) is 0 Å². The summed E-state index contributed by atoms with van der Waals surface area (Å²) >= 11 is 1.10. The number of benzene rings is 1. The fourth-order valence-corrected chi connectivity index (χ4v) is 1.75. The van der Waals surface area contributed by atoms with Crippen molar-refractivity contribution in [3.05, 3.63) is 35.1 Å². The van der Waals surface area contributed by atoms with Crippen LogP contribution in [0.5, 0.6) is 0 Å². The molecular formula is C10H8FNO2S. The van der Waals surface area contributed by atoms with Gasteiger partial charge in [0.2, 0.25) is 0 Å². The maximum absolute atomic E-state index is 13.4. The SMILES string of the molecule is N#Cc1cccc(CSCC(=O)O)c1F. The first-order chi connectivity index (χ1) is 7.15. The number of carbonyl (C=O) groups is 1. The Kier molecular flexibility index (Phi) is 4.13. The van der Waals surface area contributed by atoms with Crippen molar-refractivity contribution in [1.29, 1.82) is 5.26 Å². The number of halogens is 1. The predicted octanol–water partition coefficient (Wildman–Crippen LogP) is 2.02. The highest BCUT2D eigenvalue weighted by Crippen LogP contribution is 2.17. The molecule has 0 fully saturated rings. The highest BCUT2D eigenvalue weighted by atomic mass is 32.2. The van der Waals surface area contributed by atoms with Gasteiger partial charge >= 0.3 is 5.97 Å². The molecule has 5 heteroatoms. The van der Waals surface area contributed by atoms with E-state index in [9.17, 15) is 9.18 Å². The number of carboxylic acid groups (broad SMARTS) is 1. The number of nitrogens with zero attached hydrogens (tertiary/aromatic N) is 1. The molecule has 0 saturated carbocycles. The molecule has 0 radical (unpaired) electrons. The second kappa shape index (κ2) is 5.37. The van der Waals surface area contributed by atoms with Gasteiger partial charge in [-0.15, -0.1) is 11.8 Å². The van der Waals surface area contributed by atoms with Crippen LogP contribution in [0.3, 0.4) is 0 Å². The van der Waals surface area contributed by atoms with Gasteiger partial charge in [0.25, 0.3) is 0 Å². The molecule has 0 atom stereocenters. The summed E-state index contributed by atoms with van der Waals surface area (Å²) < 4.78 is 13.4. The van der Waals surface area contributed by atoms with Gasteiger partial charge in [-0.25, -0.2) is 4.39 Å². The molecule has 1 aromatic carbocycles. The minimum absolute atomic E-state index is 0.0107. The summed E-state index contributed by atoms with van der Waals surface area (Å²) in [4.78, 5) is 10.2. The molecular weight excluding hydrogens is 217 g/mol. The molecule has 0 aliphatic carbocycles. The molecule has 0 spiro atoms. The van der Waals surface area contributed by atoms with E-state index in [1.807, 2.05) is 0 Å². The third-order valence-corrected chi connectivity index (χ3v) is 2.65. The molecule has 0 heterocycles. The van der Waals surface area contributed by atoms with E-state index in [0.717, 1.165) is 11.8 Å². The van der Waals surface area contributed by atoms with Crippen LogP contribution in [0, 0.1) is 17.1 Å². The van der Waals surface area contributed by atoms with Crippen molar-refractivity contribution in [3.63, 3.8) is 0 Å². The van der Waals surface area contributed by atoms with E-state index in [-0.39, 0.29) is 17.1 Å². The van der Waals surface area contributed by atoms with Crippen LogP contribution in [0.25, 0.3) is 0 Å². The Balaban J connectivity index is 2.70. The summed E-state index contributed by atoms with van der Waals surface area (Å²) in [5.74, 6) is -1.31. The average Bonchev–Trinajstić information content (AvgIpc) is 2.20. The molecule has 1 N–H and O–H groups in total. The highest BCUT2D eigenvalue weighted by Gasteiger charge is 2.07. The maximum atomic E-state index is 13.4. The minimum Gasteiger partial charge on any atom is -0.481 e. The van der Waals surface area contributed by atoms with Crippen LogP contribution in [-0.2, 0) is 10.5 Å². The molecule has 0 aliphatic heterocycles. The quantitative estimate of drug-likeness (QED) is 0.851. The van der Waals surface area contributed by atoms with E-state index < -0.39 is 11.8 Å². The molecule has 1 aromatic rings. The van der Waals surface area contributed by atoms with E-state index in [4.69, 9.17) is 10.4 Å². The third kappa shape index (κ3) is 3.26. The van der Waals surface area contributed by atoms with Gasteiger partial charge in [-0.05, 0) is 11.6 Å². The third-order valence-electron chi connectivity index (χ3n) is 1.68. The van der Waals surface area contributed by atoms with Gasteiger partial charge in [-0.1, -0.05) is 12.1 Å². The van der Waals surface area contributed by atoms with Gasteiger partial charge in [-0.2, -0.15) is 5.26 Å². The fraction of sp³-hybridized carbons (Fsp3) is 0.200. The largest absolute Gasteiger partial charge is 0.481 e. The Hall–Kier alpha value is -1.54. The van der Waals surface area contributed by atoms with Crippen LogP contribution in [0.15, 0.2) is 18.2 Å². The Morgan fingerprint density at radius 3 is 2.93 bits per heavy atom. The predicted molar refractivity (Wildman–Crippen MR) is 54.9 cm³/mol. The van der Waals surface area contributed by atoms with Gasteiger partial charge in [0, 0.05) is 5.75 Å². The Labute approximate surface area is 90.5 Å². The summed E-state index contributed by atoms with van der Waals surface area (Å²) in [6, 6.07) is 6.25. The summed E-state index contributed by atoms with van der Waals surface area (Å²) in [5, 5.41) is 17.0. The topological polar surface area (TPSA) is 61.1 Å². The summed E-state index contributed by atoms with van der Waals surface area (Å²) in [6.45, 7) is 0. The first-order valence-electron chi connectivity index (χ1n) is 4.12. The zero-order valence-electron chi connectivity index (χ0n) is 7.74. The molecule has 3 nitrogen and oxygen atoms in total. The lowest BCUT2D eigenvalue weighted by Crippen LogP contribution is -1.99. The molecule has 0 bridgehead atoms. The lowest BCUT2D eigenvalue weighted by Gasteiger charge is -2.02. The Morgan fingerprint density at radius 1 is 1.60 bits per heavy atom. The summed E-state index contributed by atoms with van der Waals surface area (Å²) in [7, 11) is 0. The number of hydrogen-bond acceptors (Lipinski definition) is 3. The Bertz CT molecular complexity index is 414. The number of nitriles is 1. The molecule has 0 saturated heterocycles. The highest BCUT2D eigenvalue weighted by molar-refractivity contribution is 7.99. The average molecular weight is 225 g/mol. The van der Waals surface area contributed by atoms with Crippen LogP contribution in [0.2, 0.25) is 0 Å². The minimum atomic E-state index is -0.933. The summed E-state index contributed by atoms with van der Waals surface area (Å²) in [5.41, 5.74) is 0.351. The molecule has 0 amide bonds. The molecule has 1 rings (SSSR count). The van der Waals surface area contributed by atoms with Crippen molar-refractivity contribution in [3.8, 4) is 6.07 Å². The second-order valence-corrected chi connectivity index (χ2v) is 3.76. The van der Waals surface area contributed by atoms with Crippen LogP contribution < -0.4 is 0 Å². The van der Waals surface area contributed by atoms with Crippen molar-refractivity contribution in [2.75, 3.05) is 5.75 Å². The van der Waals surface area contributed by atoms with Crippen molar-refractivity contribution >= 4 is 17.7 Å². The Morgan fingerprint density at radius 2 is 2.33 bits per heavy atom. The first kappa shape index (κ1) is 11.5. The van der Waals surface area contributed by atoms with Gasteiger partial charge in [0.1, 0.15) is 11.9 Å². The van der Waals surface area contributed by atoms with E-state index in [0.29, 0.717) is 5.56 Å². The zero-order valence-corrected chi connectivity index (χ0v) is 8.55. The first-order valence-corrected chi connectivity index (χ1v) is 5.27. The lowest BCUT2D eigenvalue weighted by atomic mass is 10.1. The molecule has 78 valence electrons. The number of rotatable bonds is 4. The fourth-order valence-electron chi connectivity index (χ4n) is 1.03. The van der Waals surface area contributed by atoms with E-state index >= 15 is 0 Å². The molecule has 15 heavy (non-hydrogen) atoms. The van der Waals surface area contributed by atoms with Crippen molar-refractivity contribution in [2.24, 2.45) is 0 Å². The van der Waals surface area contributed by atoms with Crippen LogP contribution in [-0.4, -0.2) is 16.8 Å². The van der Waals surface area contributed by atoms with Crippen molar-refractivity contribution in [2.45, 2.75) is 5.75 Å². The second-order valence-electron chi connectivity index (χ2n) is 2.78. The normalized spacial score (nSPS) is 9.60. The van der Waals surface area contributed by atoms with E-state index in [1.54, 1.807) is 18.2 Å². The molecule has 0 aromatic heterocycles. The van der Waals surface area contributed by atoms with Gasteiger partial charge in [0.05, 0.1) is 11.3 Å². The lowest BCUT2D eigenvalue weighted by molar-refractivity contribution is -0.133. The zero-order chi connectivity index (χ0) is 11.3. The smallest absolute Gasteiger partial charge is 0.313 e. The number of carboxylic acids is 1. The van der Waals surface area contributed by atoms with Crippen molar-refractivity contribution < 1.29 is 14.3 Å². The van der Waals surface area contributed by atoms with Crippen LogP contribution >= 0.6 is 11.8 Å². The van der Waals surface area contributed by atoms with Crippen molar-refractivity contribution in [1.82, 2.24) is 0 Å². The van der Waals surface area contributed by atoms with Crippen LogP contribution in [0.4, 0.5) is 4.39 Å². The van der Waals surface area contributed by atoms with Crippen LogP contribution in [0.1, 0.15) is 11.1 Å².